The molecule has 46 heavy (non-hydrogen) atoms. The summed E-state index contributed by atoms with van der Waals surface area (Å²) in [6, 6.07) is 59.5. The predicted octanol–water partition coefficient (Wildman–Crippen LogP) is 12.7. The van der Waals surface area contributed by atoms with Gasteiger partial charge in [0.05, 0.1) is 0 Å². The topological polar surface area (TPSA) is 26.3 Å². The van der Waals surface area contributed by atoms with Crippen molar-refractivity contribution in [2.24, 2.45) is 0 Å². The fourth-order valence-electron chi connectivity index (χ4n) is 6.82. The molecule has 0 aliphatic heterocycles. The van der Waals surface area contributed by atoms with Crippen molar-refractivity contribution in [3.05, 3.63) is 170 Å². The van der Waals surface area contributed by atoms with Crippen molar-refractivity contribution < 1.29 is 8.83 Å². The monoisotopic (exact) mass is 588 g/mol. The molecular formula is C44H28O2. The van der Waals surface area contributed by atoms with Gasteiger partial charge >= 0.3 is 0 Å². The summed E-state index contributed by atoms with van der Waals surface area (Å²) in [5, 5.41) is 4.39. The number of furan rings is 2. The van der Waals surface area contributed by atoms with E-state index in [4.69, 9.17) is 8.83 Å². The van der Waals surface area contributed by atoms with Crippen molar-refractivity contribution >= 4 is 32.7 Å². The zero-order valence-corrected chi connectivity index (χ0v) is 25.0. The largest absolute Gasteiger partial charge is 0.456 e. The molecule has 216 valence electrons. The first-order chi connectivity index (χ1) is 22.8. The third kappa shape index (κ3) is 4.27. The molecule has 2 heteroatoms. The lowest BCUT2D eigenvalue weighted by Crippen LogP contribution is -1.90. The van der Waals surface area contributed by atoms with Gasteiger partial charge in [-0.1, -0.05) is 152 Å². The molecule has 0 spiro atoms. The Balaban J connectivity index is 1.34. The average molecular weight is 589 g/mol. The zero-order chi connectivity index (χ0) is 30.5. The van der Waals surface area contributed by atoms with Crippen molar-refractivity contribution in [1.82, 2.24) is 0 Å². The van der Waals surface area contributed by atoms with Crippen LogP contribution in [0.4, 0.5) is 0 Å². The minimum atomic E-state index is 0.861. The van der Waals surface area contributed by atoms with Gasteiger partial charge in [-0.3, -0.25) is 0 Å². The van der Waals surface area contributed by atoms with Gasteiger partial charge in [0.15, 0.2) is 0 Å². The molecule has 0 unspecified atom stereocenters. The molecule has 0 saturated heterocycles. The Hall–Kier alpha value is -6.12. The van der Waals surface area contributed by atoms with Crippen LogP contribution in [0.5, 0.6) is 0 Å². The Kier molecular flexibility index (Phi) is 6.17. The van der Waals surface area contributed by atoms with Crippen LogP contribution in [0.2, 0.25) is 0 Å². The summed E-state index contributed by atoms with van der Waals surface area (Å²) >= 11 is 0. The van der Waals surface area contributed by atoms with E-state index >= 15 is 0 Å². The van der Waals surface area contributed by atoms with E-state index in [0.29, 0.717) is 0 Å². The second-order valence-electron chi connectivity index (χ2n) is 11.6. The Morgan fingerprint density at radius 1 is 0.283 bits per heavy atom. The number of fused-ring (bicyclic) bond motifs is 4. The Morgan fingerprint density at radius 2 is 0.804 bits per heavy atom. The van der Waals surface area contributed by atoms with Crippen LogP contribution in [0.1, 0.15) is 0 Å². The van der Waals surface area contributed by atoms with Gasteiger partial charge in [-0.05, 0) is 51.6 Å². The Bertz CT molecular complexity index is 2520. The first-order valence-corrected chi connectivity index (χ1v) is 15.6. The maximum absolute atomic E-state index is 7.15. The fraction of sp³-hybridized carbons (Fsp3) is 0. The van der Waals surface area contributed by atoms with Gasteiger partial charge in [-0.25, -0.2) is 0 Å². The van der Waals surface area contributed by atoms with Gasteiger partial charge in [0.25, 0.3) is 0 Å². The minimum absolute atomic E-state index is 0.861. The SMILES string of the molecule is c1ccc(-c2ccccc2-c2oc(-c3c(-c4ccccc4)cccc3-c3ccc4oc5ccccc5c4c3)c3ccccc23)cc1. The highest BCUT2D eigenvalue weighted by Crippen LogP contribution is 2.48. The van der Waals surface area contributed by atoms with Gasteiger partial charge in [-0.15, -0.1) is 0 Å². The number of benzene rings is 7. The number of rotatable bonds is 5. The minimum Gasteiger partial charge on any atom is -0.456 e. The van der Waals surface area contributed by atoms with Gasteiger partial charge in [0, 0.05) is 32.7 Å². The van der Waals surface area contributed by atoms with Gasteiger partial charge in [-0.2, -0.15) is 0 Å². The standard InChI is InChI=1S/C44H28O2/c1-3-14-29(15-4-1)32-18-7-8-20-36(32)43-37-21-9-10-22-38(37)44(46-43)42-33(30-16-5-2-6-17-30)23-13-24-34(42)31-26-27-41-39(28-31)35-19-11-12-25-40(35)45-41/h1-28H. The van der Waals surface area contributed by atoms with E-state index in [0.717, 1.165) is 88.7 Å². The van der Waals surface area contributed by atoms with Crippen LogP contribution in [0.3, 0.4) is 0 Å². The normalized spacial score (nSPS) is 11.5. The quantitative estimate of drug-likeness (QED) is 0.200. The Morgan fingerprint density at radius 3 is 1.54 bits per heavy atom. The first-order valence-electron chi connectivity index (χ1n) is 15.6. The van der Waals surface area contributed by atoms with Crippen molar-refractivity contribution in [1.29, 1.82) is 0 Å². The molecule has 0 aliphatic rings. The highest BCUT2D eigenvalue weighted by Gasteiger charge is 2.24. The summed E-state index contributed by atoms with van der Waals surface area (Å²) < 4.78 is 13.3. The molecule has 7 aromatic carbocycles. The van der Waals surface area contributed by atoms with Gasteiger partial charge < -0.3 is 8.83 Å². The smallest absolute Gasteiger partial charge is 0.143 e. The predicted molar refractivity (Wildman–Crippen MR) is 191 cm³/mol. The molecule has 0 radical (unpaired) electrons. The van der Waals surface area contributed by atoms with Crippen molar-refractivity contribution in [2.75, 3.05) is 0 Å². The molecule has 0 saturated carbocycles. The lowest BCUT2D eigenvalue weighted by atomic mass is 9.89. The maximum Gasteiger partial charge on any atom is 0.143 e. The zero-order valence-electron chi connectivity index (χ0n) is 25.0. The van der Waals surface area contributed by atoms with Crippen molar-refractivity contribution in [3.8, 4) is 56.0 Å². The second kappa shape index (κ2) is 10.8. The summed E-state index contributed by atoms with van der Waals surface area (Å²) in [6.07, 6.45) is 0. The molecule has 0 fully saturated rings. The molecule has 9 rings (SSSR count). The maximum atomic E-state index is 7.15. The molecule has 0 N–H and O–H groups in total. The molecule has 0 bridgehead atoms. The third-order valence-electron chi connectivity index (χ3n) is 8.94. The molecule has 2 heterocycles. The van der Waals surface area contributed by atoms with E-state index in [1.807, 2.05) is 12.1 Å². The molecule has 2 aromatic heterocycles. The van der Waals surface area contributed by atoms with Crippen LogP contribution in [-0.2, 0) is 0 Å². The van der Waals surface area contributed by atoms with E-state index in [1.54, 1.807) is 0 Å². The molecule has 0 aliphatic carbocycles. The van der Waals surface area contributed by atoms with E-state index in [1.165, 1.54) is 0 Å². The van der Waals surface area contributed by atoms with Crippen LogP contribution in [0.25, 0.3) is 88.7 Å². The van der Waals surface area contributed by atoms with Crippen molar-refractivity contribution in [3.63, 3.8) is 0 Å². The third-order valence-corrected chi connectivity index (χ3v) is 8.94. The van der Waals surface area contributed by atoms with Crippen molar-refractivity contribution in [2.45, 2.75) is 0 Å². The van der Waals surface area contributed by atoms with Crippen LogP contribution in [-0.4, -0.2) is 0 Å². The van der Waals surface area contributed by atoms with Crippen LogP contribution >= 0.6 is 0 Å². The molecular weight excluding hydrogens is 560 g/mol. The number of hydrogen-bond donors (Lipinski definition) is 0. The van der Waals surface area contributed by atoms with E-state index in [2.05, 4.69) is 158 Å². The van der Waals surface area contributed by atoms with Crippen LogP contribution in [0, 0.1) is 0 Å². The molecule has 2 nitrogen and oxygen atoms in total. The van der Waals surface area contributed by atoms with E-state index in [9.17, 15) is 0 Å². The molecule has 0 amide bonds. The van der Waals surface area contributed by atoms with Crippen LogP contribution < -0.4 is 0 Å². The second-order valence-corrected chi connectivity index (χ2v) is 11.6. The lowest BCUT2D eigenvalue weighted by Gasteiger charge is -2.15. The first kappa shape index (κ1) is 26.3. The summed E-state index contributed by atoms with van der Waals surface area (Å²) in [7, 11) is 0. The molecule has 0 atom stereocenters. The van der Waals surface area contributed by atoms with Crippen LogP contribution in [0.15, 0.2) is 179 Å². The highest BCUT2D eigenvalue weighted by atomic mass is 16.3. The number of hydrogen-bond acceptors (Lipinski definition) is 2. The summed E-state index contributed by atoms with van der Waals surface area (Å²) in [5.74, 6) is 1.73. The van der Waals surface area contributed by atoms with E-state index in [-0.39, 0.29) is 0 Å². The average Bonchev–Trinajstić information content (AvgIpc) is 3.70. The molecule has 9 aromatic rings. The summed E-state index contributed by atoms with van der Waals surface area (Å²) in [5.41, 5.74) is 10.7. The summed E-state index contributed by atoms with van der Waals surface area (Å²) in [6.45, 7) is 0. The highest BCUT2D eigenvalue weighted by molar-refractivity contribution is 6.10. The van der Waals surface area contributed by atoms with E-state index < -0.39 is 0 Å². The lowest BCUT2D eigenvalue weighted by molar-refractivity contribution is 0.602. The van der Waals surface area contributed by atoms with Gasteiger partial charge in [0.2, 0.25) is 0 Å². The summed E-state index contributed by atoms with van der Waals surface area (Å²) in [4.78, 5) is 0. The number of para-hydroxylation sites is 1. The Labute approximate surface area is 266 Å². The fourth-order valence-corrected chi connectivity index (χ4v) is 6.82. The van der Waals surface area contributed by atoms with Gasteiger partial charge in [0.1, 0.15) is 22.7 Å².